The van der Waals surface area contributed by atoms with Gasteiger partial charge >= 0.3 is 6.09 Å². The zero-order valence-electron chi connectivity index (χ0n) is 27.3. The fourth-order valence-electron chi connectivity index (χ4n) is 5.70. The molecule has 0 aliphatic carbocycles. The molecule has 10 nitrogen and oxygen atoms in total. The molecule has 2 aliphatic heterocycles. The van der Waals surface area contributed by atoms with Crippen molar-refractivity contribution < 1.29 is 28.5 Å². The number of rotatable bonds is 9. The number of piperidine rings is 1. The van der Waals surface area contributed by atoms with E-state index in [1.165, 1.54) is 0 Å². The van der Waals surface area contributed by atoms with E-state index < -0.39 is 6.09 Å². The van der Waals surface area contributed by atoms with Crippen LogP contribution in [0.4, 0.5) is 10.5 Å². The Kier molecular flexibility index (Phi) is 10.2. The predicted octanol–water partition coefficient (Wildman–Crippen LogP) is 6.38. The van der Waals surface area contributed by atoms with Crippen molar-refractivity contribution in [2.45, 2.75) is 18.9 Å². The summed E-state index contributed by atoms with van der Waals surface area (Å²) >= 11 is 0. The summed E-state index contributed by atoms with van der Waals surface area (Å²) in [6, 6.07) is 26.4. The summed E-state index contributed by atoms with van der Waals surface area (Å²) in [6.07, 6.45) is 2.68. The van der Waals surface area contributed by atoms with Crippen molar-refractivity contribution in [1.29, 1.82) is 0 Å². The van der Waals surface area contributed by atoms with Crippen molar-refractivity contribution in [3.05, 3.63) is 109 Å². The Hall–Kier alpha value is -5.35. The van der Waals surface area contributed by atoms with Crippen LogP contribution in [0.2, 0.25) is 0 Å². The summed E-state index contributed by atoms with van der Waals surface area (Å²) in [5, 5.41) is 0. The highest BCUT2D eigenvalue weighted by Crippen LogP contribution is 2.31. The number of aromatic nitrogens is 1. The second-order valence-electron chi connectivity index (χ2n) is 11.9. The van der Waals surface area contributed by atoms with Crippen LogP contribution in [0.25, 0.3) is 16.9 Å². The lowest BCUT2D eigenvalue weighted by Crippen LogP contribution is -2.42. The molecular weight excluding hydrogens is 608 g/mol. The maximum atomic E-state index is 13.7. The molecular formula is C38H40N4O6. The van der Waals surface area contributed by atoms with E-state index >= 15 is 0 Å². The molecule has 0 bridgehead atoms. The quantitative estimate of drug-likeness (QED) is 0.193. The zero-order chi connectivity index (χ0) is 33.5. The molecule has 0 radical (unpaired) electrons. The lowest BCUT2D eigenvalue weighted by Gasteiger charge is -2.32. The zero-order valence-corrected chi connectivity index (χ0v) is 27.3. The van der Waals surface area contributed by atoms with E-state index in [0.29, 0.717) is 80.7 Å². The van der Waals surface area contributed by atoms with Crippen molar-refractivity contribution in [3.8, 4) is 28.5 Å². The summed E-state index contributed by atoms with van der Waals surface area (Å²) < 4.78 is 23.4. The molecule has 3 aromatic carbocycles. The van der Waals surface area contributed by atoms with E-state index in [0.717, 1.165) is 16.8 Å². The summed E-state index contributed by atoms with van der Waals surface area (Å²) in [7, 11) is 4.04. The van der Waals surface area contributed by atoms with E-state index in [4.69, 9.17) is 18.9 Å². The summed E-state index contributed by atoms with van der Waals surface area (Å²) in [5.74, 6) is 1.40. The second-order valence-corrected chi connectivity index (χ2v) is 11.9. The van der Waals surface area contributed by atoms with Crippen LogP contribution in [-0.4, -0.2) is 86.4 Å². The molecule has 3 heterocycles. The second kappa shape index (κ2) is 15.0. The molecule has 0 atom stereocenters. The molecule has 2 saturated heterocycles. The number of carbonyl (C=O) groups is 2. The number of benzene rings is 3. The van der Waals surface area contributed by atoms with Crippen LogP contribution >= 0.6 is 0 Å². The van der Waals surface area contributed by atoms with Crippen LogP contribution in [0.1, 0.15) is 28.8 Å². The molecule has 1 aromatic heterocycles. The Morgan fingerprint density at radius 3 is 2.04 bits per heavy atom. The maximum Gasteiger partial charge on any atom is 0.415 e. The third-order valence-electron chi connectivity index (χ3n) is 8.47. The fourth-order valence-corrected chi connectivity index (χ4v) is 5.70. The van der Waals surface area contributed by atoms with Crippen LogP contribution in [-0.2, 0) is 4.74 Å². The number of hydrogen-bond acceptors (Lipinski definition) is 8. The first-order valence-corrected chi connectivity index (χ1v) is 16.1. The number of amides is 2. The van der Waals surface area contributed by atoms with Crippen LogP contribution in [0, 0.1) is 0 Å². The fraction of sp³-hybridized carbons (Fsp3) is 0.289. The molecule has 0 unspecified atom stereocenters. The normalized spacial score (nSPS) is 15.0. The van der Waals surface area contributed by atoms with Gasteiger partial charge in [-0.25, -0.2) is 9.78 Å². The molecule has 2 fully saturated rings. The minimum absolute atomic E-state index is 0.0466. The van der Waals surface area contributed by atoms with Crippen molar-refractivity contribution in [1.82, 2.24) is 14.8 Å². The molecule has 48 heavy (non-hydrogen) atoms. The number of para-hydroxylation sites is 2. The molecule has 0 spiro atoms. The molecule has 0 saturated carbocycles. The van der Waals surface area contributed by atoms with Gasteiger partial charge in [0.15, 0.2) is 0 Å². The summed E-state index contributed by atoms with van der Waals surface area (Å²) in [4.78, 5) is 36.5. The maximum absolute atomic E-state index is 13.7. The number of anilines is 1. The van der Waals surface area contributed by atoms with Crippen molar-refractivity contribution in [2.75, 3.05) is 58.4 Å². The molecule has 248 valence electrons. The number of likely N-dealkylation sites (tertiary alicyclic amines) is 1. The highest BCUT2D eigenvalue weighted by molar-refractivity contribution is 5.97. The van der Waals surface area contributed by atoms with Gasteiger partial charge in [0.25, 0.3) is 5.91 Å². The lowest BCUT2D eigenvalue weighted by atomic mass is 10.1. The van der Waals surface area contributed by atoms with Gasteiger partial charge < -0.3 is 33.6 Å². The van der Waals surface area contributed by atoms with Crippen molar-refractivity contribution in [3.63, 3.8) is 0 Å². The van der Waals surface area contributed by atoms with Gasteiger partial charge in [0.2, 0.25) is 5.88 Å². The van der Waals surface area contributed by atoms with E-state index in [9.17, 15) is 9.59 Å². The Morgan fingerprint density at radius 1 is 0.771 bits per heavy atom. The number of pyridine rings is 1. The highest BCUT2D eigenvalue weighted by Gasteiger charge is 2.27. The average molecular weight is 649 g/mol. The number of carbonyl (C=O) groups excluding carboxylic acids is 2. The molecule has 6 rings (SSSR count). The largest absolute Gasteiger partial charge is 0.474 e. The number of hydrogen-bond donors (Lipinski definition) is 0. The minimum atomic E-state index is -0.458. The average Bonchev–Trinajstić information content (AvgIpc) is 3.13. The van der Waals surface area contributed by atoms with Crippen LogP contribution in [0.15, 0.2) is 97.7 Å². The van der Waals surface area contributed by atoms with Gasteiger partial charge in [0.05, 0.1) is 24.3 Å². The van der Waals surface area contributed by atoms with Crippen molar-refractivity contribution >= 4 is 23.4 Å². The SMILES string of the molecule is C=C(Oc1ccccc1C(=O)N1CCC(Oc2ccc(-c3ccc(N(C)C)cc3)cn2)CC1)c1ccccc1OC(=O)N1CCOCC1. The van der Waals surface area contributed by atoms with Crippen LogP contribution < -0.4 is 19.1 Å². The Labute approximate surface area is 281 Å². The third-order valence-corrected chi connectivity index (χ3v) is 8.47. The smallest absolute Gasteiger partial charge is 0.415 e. The number of nitrogens with zero attached hydrogens (tertiary/aromatic N) is 4. The Bertz CT molecular complexity index is 1730. The first-order valence-electron chi connectivity index (χ1n) is 16.1. The minimum Gasteiger partial charge on any atom is -0.474 e. The number of ether oxygens (including phenoxy) is 4. The standard InChI is InChI=1S/C38H40N4O6/c1-27(32-8-4-6-10-34(32)48-38(44)42-22-24-45-25-23-42)46-35-11-7-5-9-33(35)37(43)41-20-18-31(19-21-41)47-36-17-14-29(26-39-36)28-12-15-30(16-13-28)40(2)3/h4-17,26,31H,1,18-25H2,2-3H3. The molecule has 4 aromatic rings. The van der Waals surface area contributed by atoms with Gasteiger partial charge in [-0.2, -0.15) is 0 Å². The van der Waals surface area contributed by atoms with E-state index in [1.807, 2.05) is 49.5 Å². The molecule has 10 heteroatoms. The monoisotopic (exact) mass is 648 g/mol. The van der Waals surface area contributed by atoms with Gasteiger partial charge in [-0.15, -0.1) is 0 Å². The highest BCUT2D eigenvalue weighted by atomic mass is 16.6. The van der Waals surface area contributed by atoms with E-state index in [1.54, 1.807) is 41.3 Å². The Balaban J connectivity index is 1.04. The predicted molar refractivity (Wildman–Crippen MR) is 185 cm³/mol. The summed E-state index contributed by atoms with van der Waals surface area (Å²) in [6.45, 7) is 7.05. The first-order chi connectivity index (χ1) is 23.4. The van der Waals surface area contributed by atoms with Crippen molar-refractivity contribution in [2.24, 2.45) is 0 Å². The first kappa shape index (κ1) is 32.6. The van der Waals surface area contributed by atoms with Crippen LogP contribution in [0.3, 0.4) is 0 Å². The lowest BCUT2D eigenvalue weighted by molar-refractivity contribution is 0.0415. The van der Waals surface area contributed by atoms with Gasteiger partial charge in [-0.05, 0) is 48.0 Å². The van der Waals surface area contributed by atoms with Gasteiger partial charge in [-0.3, -0.25) is 4.79 Å². The summed E-state index contributed by atoms with van der Waals surface area (Å²) in [5.41, 5.74) is 4.20. The van der Waals surface area contributed by atoms with Gasteiger partial charge in [-0.1, -0.05) is 43.0 Å². The molecule has 0 N–H and O–H groups in total. The van der Waals surface area contributed by atoms with E-state index in [-0.39, 0.29) is 17.8 Å². The third kappa shape index (κ3) is 7.78. The van der Waals surface area contributed by atoms with Gasteiger partial charge in [0, 0.05) is 76.6 Å². The molecule has 2 aliphatic rings. The topological polar surface area (TPSA) is 93.7 Å². The molecule has 2 amide bonds. The van der Waals surface area contributed by atoms with Gasteiger partial charge in [0.1, 0.15) is 23.4 Å². The number of morpholine rings is 1. The van der Waals surface area contributed by atoms with E-state index in [2.05, 4.69) is 40.7 Å². The van der Waals surface area contributed by atoms with Crippen LogP contribution in [0.5, 0.6) is 17.4 Å². The Morgan fingerprint density at radius 2 is 1.40 bits per heavy atom.